The number of aryl methyl sites for hydroxylation is 1. The zero-order valence-corrected chi connectivity index (χ0v) is 9.82. The third-order valence-electron chi connectivity index (χ3n) is 2.74. The van der Waals surface area contributed by atoms with Crippen molar-refractivity contribution < 1.29 is 5.11 Å². The van der Waals surface area contributed by atoms with Crippen molar-refractivity contribution in [1.82, 2.24) is 0 Å². The fraction of sp³-hybridized carbons (Fsp3) is 0.429. The van der Waals surface area contributed by atoms with Crippen LogP contribution >= 0.6 is 0 Å². The number of unbranched alkanes of at least 4 members (excludes halogenated alkanes) is 3. The van der Waals surface area contributed by atoms with E-state index in [0.29, 0.717) is 11.1 Å². The van der Waals surface area contributed by atoms with E-state index in [0.717, 1.165) is 37.7 Å². The molecule has 0 atom stereocenters. The fourth-order valence-corrected chi connectivity index (χ4v) is 1.81. The monoisotopic (exact) mass is 228 g/mol. The maximum absolute atomic E-state index is 9.04. The van der Waals surface area contributed by atoms with Gasteiger partial charge < -0.3 is 5.11 Å². The van der Waals surface area contributed by atoms with Crippen molar-refractivity contribution in [2.75, 3.05) is 6.61 Å². The Morgan fingerprint density at radius 1 is 1.00 bits per heavy atom. The first kappa shape index (κ1) is 13.2. The molecule has 0 saturated heterocycles. The highest BCUT2D eigenvalue weighted by atomic mass is 16.2. The summed E-state index contributed by atoms with van der Waals surface area (Å²) in [5, 5.41) is 26.6. The summed E-state index contributed by atoms with van der Waals surface area (Å²) in [6.07, 6.45) is 4.70. The molecule has 1 aromatic rings. The summed E-state index contributed by atoms with van der Waals surface area (Å²) in [7, 11) is 0. The molecular weight excluding hydrogens is 212 g/mol. The van der Waals surface area contributed by atoms with E-state index in [1.807, 2.05) is 18.2 Å². The first-order valence-electron chi connectivity index (χ1n) is 5.86. The van der Waals surface area contributed by atoms with Crippen molar-refractivity contribution in [2.24, 2.45) is 0 Å². The van der Waals surface area contributed by atoms with E-state index in [1.165, 1.54) is 0 Å². The third kappa shape index (κ3) is 3.90. The number of benzene rings is 1. The van der Waals surface area contributed by atoms with Gasteiger partial charge in [0.05, 0.1) is 11.1 Å². The molecule has 1 rings (SSSR count). The van der Waals surface area contributed by atoms with Gasteiger partial charge in [-0.3, -0.25) is 0 Å². The molecule has 0 fully saturated rings. The lowest BCUT2D eigenvalue weighted by atomic mass is 9.98. The van der Waals surface area contributed by atoms with E-state index in [1.54, 1.807) is 6.07 Å². The van der Waals surface area contributed by atoms with Crippen LogP contribution in [0.15, 0.2) is 18.2 Å². The second-order valence-corrected chi connectivity index (χ2v) is 3.95. The Hall–Kier alpha value is -1.84. The standard InChI is InChI=1S/C14H16N2O/c15-10-13-8-5-7-12(14(13)11-16)6-3-1-2-4-9-17/h5,7-8,17H,1-4,6,9H2. The molecular formula is C14H16N2O. The van der Waals surface area contributed by atoms with Gasteiger partial charge in [0.1, 0.15) is 12.1 Å². The average Bonchev–Trinajstić information content (AvgIpc) is 2.38. The van der Waals surface area contributed by atoms with E-state index in [4.69, 9.17) is 15.6 Å². The summed E-state index contributed by atoms with van der Waals surface area (Å²) in [4.78, 5) is 0. The van der Waals surface area contributed by atoms with E-state index in [2.05, 4.69) is 6.07 Å². The number of aliphatic hydroxyl groups is 1. The molecule has 0 bridgehead atoms. The highest BCUT2D eigenvalue weighted by Gasteiger charge is 2.06. The lowest BCUT2D eigenvalue weighted by Crippen LogP contribution is -1.94. The van der Waals surface area contributed by atoms with Gasteiger partial charge in [-0.05, 0) is 30.9 Å². The number of hydrogen-bond donors (Lipinski definition) is 1. The highest BCUT2D eigenvalue weighted by Crippen LogP contribution is 2.16. The molecule has 0 aliphatic rings. The maximum Gasteiger partial charge on any atom is 0.101 e. The van der Waals surface area contributed by atoms with Gasteiger partial charge in [0.2, 0.25) is 0 Å². The van der Waals surface area contributed by atoms with Crippen LogP contribution in [0.5, 0.6) is 0 Å². The van der Waals surface area contributed by atoms with Crippen molar-refractivity contribution in [3.8, 4) is 12.1 Å². The van der Waals surface area contributed by atoms with Gasteiger partial charge in [0.25, 0.3) is 0 Å². The number of nitriles is 2. The highest BCUT2D eigenvalue weighted by molar-refractivity contribution is 5.50. The molecule has 3 nitrogen and oxygen atoms in total. The number of hydrogen-bond acceptors (Lipinski definition) is 3. The van der Waals surface area contributed by atoms with Gasteiger partial charge in [0, 0.05) is 6.61 Å². The Morgan fingerprint density at radius 2 is 1.76 bits per heavy atom. The Labute approximate surface area is 102 Å². The van der Waals surface area contributed by atoms with E-state index >= 15 is 0 Å². The Balaban J connectivity index is 2.60. The third-order valence-corrected chi connectivity index (χ3v) is 2.74. The number of nitrogens with zero attached hydrogens (tertiary/aromatic N) is 2. The van der Waals surface area contributed by atoms with Crippen LogP contribution in [0, 0.1) is 22.7 Å². The minimum absolute atomic E-state index is 0.243. The van der Waals surface area contributed by atoms with E-state index in [-0.39, 0.29) is 6.61 Å². The second kappa shape index (κ2) is 7.44. The fourth-order valence-electron chi connectivity index (χ4n) is 1.81. The Bertz CT molecular complexity index is 441. The van der Waals surface area contributed by atoms with Crippen LogP contribution in [0.3, 0.4) is 0 Å². The van der Waals surface area contributed by atoms with Gasteiger partial charge in [-0.25, -0.2) is 0 Å². The average molecular weight is 228 g/mol. The van der Waals surface area contributed by atoms with Crippen molar-refractivity contribution in [3.63, 3.8) is 0 Å². The van der Waals surface area contributed by atoms with Crippen LogP contribution in [0.1, 0.15) is 42.4 Å². The van der Waals surface area contributed by atoms with E-state index in [9.17, 15) is 0 Å². The molecule has 0 aliphatic heterocycles. The van der Waals surface area contributed by atoms with Crippen molar-refractivity contribution in [3.05, 3.63) is 34.9 Å². The first-order chi connectivity index (χ1) is 8.33. The predicted octanol–water partition coefficient (Wildman–Crippen LogP) is 2.53. The molecule has 0 spiro atoms. The first-order valence-corrected chi connectivity index (χ1v) is 5.86. The van der Waals surface area contributed by atoms with Crippen LogP contribution in [0.4, 0.5) is 0 Å². The van der Waals surface area contributed by atoms with Crippen LogP contribution in [0.25, 0.3) is 0 Å². The van der Waals surface area contributed by atoms with Gasteiger partial charge in [-0.1, -0.05) is 25.0 Å². The van der Waals surface area contributed by atoms with Gasteiger partial charge >= 0.3 is 0 Å². The van der Waals surface area contributed by atoms with Crippen LogP contribution in [-0.2, 0) is 6.42 Å². The van der Waals surface area contributed by atoms with Gasteiger partial charge in [0.15, 0.2) is 0 Å². The predicted molar refractivity (Wildman–Crippen MR) is 65.1 cm³/mol. The summed E-state index contributed by atoms with van der Waals surface area (Å²) in [5.41, 5.74) is 1.92. The lowest BCUT2D eigenvalue weighted by molar-refractivity contribution is 0.282. The molecule has 3 heteroatoms. The zero-order valence-electron chi connectivity index (χ0n) is 9.82. The second-order valence-electron chi connectivity index (χ2n) is 3.95. The lowest BCUT2D eigenvalue weighted by Gasteiger charge is -2.05. The molecule has 0 radical (unpaired) electrons. The van der Waals surface area contributed by atoms with Crippen LogP contribution in [0.2, 0.25) is 0 Å². The Morgan fingerprint density at radius 3 is 2.41 bits per heavy atom. The van der Waals surface area contributed by atoms with Gasteiger partial charge in [-0.15, -0.1) is 0 Å². The molecule has 0 aromatic heterocycles. The normalized spacial score (nSPS) is 9.59. The minimum Gasteiger partial charge on any atom is -0.396 e. The Kier molecular flexibility index (Phi) is 5.79. The molecule has 17 heavy (non-hydrogen) atoms. The zero-order chi connectivity index (χ0) is 12.5. The van der Waals surface area contributed by atoms with E-state index < -0.39 is 0 Å². The summed E-state index contributed by atoms with van der Waals surface area (Å²) in [5.74, 6) is 0. The smallest absolute Gasteiger partial charge is 0.101 e. The molecule has 0 amide bonds. The van der Waals surface area contributed by atoms with Crippen molar-refractivity contribution >= 4 is 0 Å². The summed E-state index contributed by atoms with van der Waals surface area (Å²) < 4.78 is 0. The van der Waals surface area contributed by atoms with Crippen LogP contribution < -0.4 is 0 Å². The minimum atomic E-state index is 0.243. The number of rotatable bonds is 6. The molecule has 0 unspecified atom stereocenters. The maximum atomic E-state index is 9.04. The molecule has 1 N–H and O–H groups in total. The molecule has 0 aliphatic carbocycles. The number of aliphatic hydroxyl groups excluding tert-OH is 1. The molecule has 88 valence electrons. The van der Waals surface area contributed by atoms with Gasteiger partial charge in [-0.2, -0.15) is 10.5 Å². The van der Waals surface area contributed by atoms with Crippen molar-refractivity contribution in [1.29, 1.82) is 10.5 Å². The SMILES string of the molecule is N#Cc1cccc(CCCCCCO)c1C#N. The topological polar surface area (TPSA) is 67.8 Å². The molecule has 0 heterocycles. The quantitative estimate of drug-likeness (QED) is 0.761. The van der Waals surface area contributed by atoms with Crippen molar-refractivity contribution in [2.45, 2.75) is 32.1 Å². The largest absolute Gasteiger partial charge is 0.396 e. The summed E-state index contributed by atoms with van der Waals surface area (Å²) in [6.45, 7) is 0.243. The summed E-state index contributed by atoms with van der Waals surface area (Å²) >= 11 is 0. The molecule has 1 aromatic carbocycles. The van der Waals surface area contributed by atoms with Crippen LogP contribution in [-0.4, -0.2) is 11.7 Å². The summed E-state index contributed by atoms with van der Waals surface area (Å²) in [6, 6.07) is 9.55. The molecule has 0 saturated carbocycles.